The Morgan fingerprint density at radius 1 is 1.06 bits per heavy atom. The molecule has 0 fully saturated rings. The molecule has 0 amide bonds. The summed E-state index contributed by atoms with van der Waals surface area (Å²) in [6, 6.07) is 4.69. The Morgan fingerprint density at radius 3 is 2.56 bits per heavy atom. The predicted octanol–water partition coefficient (Wildman–Crippen LogP) is 3.82. The minimum atomic E-state index is -1.12. The molecule has 5 heteroatoms. The van der Waals surface area contributed by atoms with E-state index in [-0.39, 0.29) is 16.1 Å². The molecule has 1 aromatic heterocycles. The van der Waals surface area contributed by atoms with Crippen LogP contribution in [0.2, 0.25) is 5.02 Å². The maximum atomic E-state index is 13.4. The molecular weight excluding hydrogens is 239 g/mol. The minimum absolute atomic E-state index is 0.153. The fraction of sp³-hybridized carbons (Fsp3) is 0. The van der Waals surface area contributed by atoms with Gasteiger partial charge < -0.3 is 0 Å². The number of hydrogen-bond donors (Lipinski definition) is 0. The molecule has 16 heavy (non-hydrogen) atoms. The van der Waals surface area contributed by atoms with E-state index in [2.05, 4.69) is 4.98 Å². The zero-order chi connectivity index (χ0) is 11.7. The van der Waals surface area contributed by atoms with Crippen molar-refractivity contribution in [3.05, 3.63) is 53.1 Å². The zero-order valence-corrected chi connectivity index (χ0v) is 8.60. The Labute approximate surface area is 94.5 Å². The molecule has 0 atom stereocenters. The quantitative estimate of drug-likeness (QED) is 0.694. The lowest BCUT2D eigenvalue weighted by Crippen LogP contribution is -1.94. The molecule has 0 spiro atoms. The monoisotopic (exact) mass is 243 g/mol. The molecular formula is C11H5ClF3N. The minimum Gasteiger partial charge on any atom is -0.226 e. The molecule has 0 radical (unpaired) electrons. The smallest absolute Gasteiger partial charge is 0.220 e. The van der Waals surface area contributed by atoms with Gasteiger partial charge in [0.15, 0.2) is 11.6 Å². The summed E-state index contributed by atoms with van der Waals surface area (Å²) < 4.78 is 39.6. The summed E-state index contributed by atoms with van der Waals surface area (Å²) in [4.78, 5) is 3.34. The van der Waals surface area contributed by atoms with Crippen molar-refractivity contribution in [1.29, 1.82) is 0 Å². The van der Waals surface area contributed by atoms with Crippen LogP contribution in [0.5, 0.6) is 0 Å². The van der Waals surface area contributed by atoms with Gasteiger partial charge in [0.1, 0.15) is 0 Å². The molecule has 1 nitrogen and oxygen atoms in total. The van der Waals surface area contributed by atoms with Gasteiger partial charge in [0.25, 0.3) is 0 Å². The maximum Gasteiger partial charge on any atom is 0.220 e. The van der Waals surface area contributed by atoms with Crippen LogP contribution in [0.3, 0.4) is 0 Å². The molecule has 0 unspecified atom stereocenters. The van der Waals surface area contributed by atoms with Crippen molar-refractivity contribution in [2.24, 2.45) is 0 Å². The van der Waals surface area contributed by atoms with E-state index in [1.54, 1.807) is 0 Å². The molecule has 0 aliphatic heterocycles. The molecule has 0 N–H and O–H groups in total. The van der Waals surface area contributed by atoms with Crippen LogP contribution in [0.1, 0.15) is 0 Å². The van der Waals surface area contributed by atoms with E-state index in [0.717, 1.165) is 12.3 Å². The molecule has 0 aliphatic carbocycles. The first-order valence-corrected chi connectivity index (χ1v) is 4.73. The average molecular weight is 244 g/mol. The van der Waals surface area contributed by atoms with Gasteiger partial charge in [-0.25, -0.2) is 13.8 Å². The summed E-state index contributed by atoms with van der Waals surface area (Å²) in [5.41, 5.74) is -0.364. The van der Waals surface area contributed by atoms with Crippen molar-refractivity contribution >= 4 is 11.6 Å². The molecule has 0 bridgehead atoms. The van der Waals surface area contributed by atoms with Crippen LogP contribution in [0.25, 0.3) is 11.1 Å². The lowest BCUT2D eigenvalue weighted by molar-refractivity contribution is 0.509. The van der Waals surface area contributed by atoms with E-state index in [4.69, 9.17) is 11.6 Å². The average Bonchev–Trinajstić information content (AvgIpc) is 2.26. The summed E-state index contributed by atoms with van der Waals surface area (Å²) in [6.45, 7) is 0. The first kappa shape index (κ1) is 11.0. The normalized spacial score (nSPS) is 10.5. The third kappa shape index (κ3) is 1.88. The molecule has 1 heterocycles. The van der Waals surface area contributed by atoms with Gasteiger partial charge in [-0.05, 0) is 12.1 Å². The van der Waals surface area contributed by atoms with Gasteiger partial charge in [-0.1, -0.05) is 23.7 Å². The van der Waals surface area contributed by atoms with Crippen LogP contribution in [0.4, 0.5) is 13.2 Å². The number of aromatic nitrogens is 1. The molecule has 1 aromatic carbocycles. The van der Waals surface area contributed by atoms with Crippen LogP contribution in [-0.2, 0) is 0 Å². The Hall–Kier alpha value is -1.55. The van der Waals surface area contributed by atoms with Crippen molar-refractivity contribution in [3.63, 3.8) is 0 Å². The van der Waals surface area contributed by atoms with E-state index in [0.29, 0.717) is 0 Å². The van der Waals surface area contributed by atoms with Gasteiger partial charge >= 0.3 is 0 Å². The molecule has 2 aromatic rings. The van der Waals surface area contributed by atoms with Crippen LogP contribution >= 0.6 is 11.6 Å². The Morgan fingerprint density at radius 2 is 1.81 bits per heavy atom. The second-order valence-electron chi connectivity index (χ2n) is 3.09. The van der Waals surface area contributed by atoms with E-state index >= 15 is 0 Å². The van der Waals surface area contributed by atoms with Crippen LogP contribution < -0.4 is 0 Å². The van der Waals surface area contributed by atoms with Gasteiger partial charge in [-0.2, -0.15) is 4.39 Å². The number of pyridine rings is 1. The highest BCUT2D eigenvalue weighted by Gasteiger charge is 2.14. The van der Waals surface area contributed by atoms with E-state index < -0.39 is 17.6 Å². The summed E-state index contributed by atoms with van der Waals surface area (Å²) in [6.07, 6.45) is 1.09. The lowest BCUT2D eigenvalue weighted by Gasteiger charge is -2.05. The van der Waals surface area contributed by atoms with E-state index in [9.17, 15) is 13.2 Å². The second kappa shape index (κ2) is 4.14. The molecule has 2 rings (SSSR count). The van der Waals surface area contributed by atoms with Gasteiger partial charge in [-0.15, -0.1) is 0 Å². The van der Waals surface area contributed by atoms with Gasteiger partial charge in [0.05, 0.1) is 5.02 Å². The fourth-order valence-electron chi connectivity index (χ4n) is 1.32. The van der Waals surface area contributed by atoms with Crippen molar-refractivity contribution < 1.29 is 13.2 Å². The maximum absolute atomic E-state index is 13.4. The molecule has 82 valence electrons. The number of rotatable bonds is 1. The summed E-state index contributed by atoms with van der Waals surface area (Å²) in [7, 11) is 0. The molecule has 0 saturated heterocycles. The predicted molar refractivity (Wildman–Crippen MR) is 54.6 cm³/mol. The van der Waals surface area contributed by atoms with E-state index in [1.807, 2.05) is 0 Å². The first-order chi connectivity index (χ1) is 7.59. The number of hydrogen-bond acceptors (Lipinski definition) is 1. The fourth-order valence-corrected chi connectivity index (χ4v) is 1.48. The van der Waals surface area contributed by atoms with Crippen molar-refractivity contribution in [3.8, 4) is 11.1 Å². The highest BCUT2D eigenvalue weighted by Crippen LogP contribution is 2.27. The van der Waals surface area contributed by atoms with E-state index in [1.165, 1.54) is 18.2 Å². The number of nitrogens with zero attached hydrogens (tertiary/aromatic N) is 1. The summed E-state index contributed by atoms with van der Waals surface area (Å²) in [5, 5.41) is 0.153. The number of halogens is 4. The van der Waals surface area contributed by atoms with Crippen LogP contribution in [0, 0.1) is 17.6 Å². The van der Waals surface area contributed by atoms with Gasteiger partial charge in [-0.3, -0.25) is 0 Å². The Kier molecular flexibility index (Phi) is 2.83. The zero-order valence-electron chi connectivity index (χ0n) is 7.85. The lowest BCUT2D eigenvalue weighted by atomic mass is 10.1. The summed E-state index contributed by atoms with van der Waals surface area (Å²) in [5.74, 6) is -3.06. The Bertz CT molecular complexity index is 543. The van der Waals surface area contributed by atoms with Gasteiger partial charge in [0.2, 0.25) is 5.95 Å². The molecule has 0 aliphatic rings. The second-order valence-corrected chi connectivity index (χ2v) is 3.53. The Balaban J connectivity index is 2.67. The third-order valence-corrected chi connectivity index (χ3v) is 2.25. The summed E-state index contributed by atoms with van der Waals surface area (Å²) >= 11 is 5.61. The first-order valence-electron chi connectivity index (χ1n) is 4.35. The van der Waals surface area contributed by atoms with Crippen molar-refractivity contribution in [2.45, 2.75) is 0 Å². The standard InChI is InChI=1S/C11H5ClF3N/c12-6-4-8(11(15)16-5-6)7-2-1-3-9(13)10(7)14/h1-5H. The van der Waals surface area contributed by atoms with Gasteiger partial charge in [0, 0.05) is 17.3 Å². The van der Waals surface area contributed by atoms with Crippen molar-refractivity contribution in [1.82, 2.24) is 4.98 Å². The third-order valence-electron chi connectivity index (χ3n) is 2.05. The highest BCUT2D eigenvalue weighted by molar-refractivity contribution is 6.30. The SMILES string of the molecule is Fc1cccc(-c2cc(Cl)cnc2F)c1F. The van der Waals surface area contributed by atoms with Crippen LogP contribution in [-0.4, -0.2) is 4.98 Å². The van der Waals surface area contributed by atoms with Crippen molar-refractivity contribution in [2.75, 3.05) is 0 Å². The number of benzene rings is 1. The topological polar surface area (TPSA) is 12.9 Å². The highest BCUT2D eigenvalue weighted by atomic mass is 35.5. The largest absolute Gasteiger partial charge is 0.226 e. The van der Waals surface area contributed by atoms with Crippen LogP contribution in [0.15, 0.2) is 30.5 Å². The molecule has 0 saturated carbocycles.